The Labute approximate surface area is 98.4 Å². The Bertz CT molecular complexity index is 296. The van der Waals surface area contributed by atoms with Crippen LogP contribution in [0.2, 0.25) is 0 Å². The Hall–Kier alpha value is -0.610. The molecule has 1 atom stereocenters. The molecule has 0 saturated carbocycles. The maximum absolute atomic E-state index is 5.43. The largest absolute Gasteiger partial charge is 0.383 e. The number of halogens is 1. The van der Waals surface area contributed by atoms with Crippen LogP contribution in [0.1, 0.15) is 12.8 Å². The molecule has 1 saturated heterocycles. The van der Waals surface area contributed by atoms with Crippen molar-refractivity contribution < 1.29 is 4.74 Å². The number of hydrogen-bond acceptors (Lipinski definition) is 3. The van der Waals surface area contributed by atoms with Crippen LogP contribution in [0.3, 0.4) is 0 Å². The maximum Gasteiger partial charge on any atom is 0.106 e. The summed E-state index contributed by atoms with van der Waals surface area (Å²) in [5.41, 5.74) is 1.07. The standard InChI is InChI=1S/C11H15BrN2O/c12-11-4-3-10(7-14-11)13-6-9-2-1-5-15-8-9/h3-4,7,9,13H,1-2,5-6,8H2. The number of anilines is 1. The SMILES string of the molecule is Brc1ccc(NCC2CCCOC2)cn1. The number of rotatable bonds is 3. The van der Waals surface area contributed by atoms with Gasteiger partial charge in [0.2, 0.25) is 0 Å². The lowest BCUT2D eigenvalue weighted by Crippen LogP contribution is -2.24. The van der Waals surface area contributed by atoms with Crippen LogP contribution in [0.25, 0.3) is 0 Å². The highest BCUT2D eigenvalue weighted by molar-refractivity contribution is 9.10. The first-order valence-corrected chi connectivity index (χ1v) is 6.07. The number of aromatic nitrogens is 1. The van der Waals surface area contributed by atoms with Crippen molar-refractivity contribution in [2.24, 2.45) is 5.92 Å². The molecule has 1 N–H and O–H groups in total. The van der Waals surface area contributed by atoms with E-state index in [1.807, 2.05) is 18.3 Å². The summed E-state index contributed by atoms with van der Waals surface area (Å²) in [6, 6.07) is 3.97. The summed E-state index contributed by atoms with van der Waals surface area (Å²) < 4.78 is 6.30. The zero-order valence-corrected chi connectivity index (χ0v) is 10.2. The summed E-state index contributed by atoms with van der Waals surface area (Å²) >= 11 is 3.31. The van der Waals surface area contributed by atoms with Crippen LogP contribution in [0.5, 0.6) is 0 Å². The Morgan fingerprint density at radius 1 is 1.53 bits per heavy atom. The first-order chi connectivity index (χ1) is 7.34. The molecule has 1 unspecified atom stereocenters. The average Bonchev–Trinajstić information content (AvgIpc) is 2.30. The van der Waals surface area contributed by atoms with E-state index in [0.717, 1.165) is 30.0 Å². The van der Waals surface area contributed by atoms with Crippen molar-refractivity contribution in [1.29, 1.82) is 0 Å². The lowest BCUT2D eigenvalue weighted by Gasteiger charge is -2.22. The van der Waals surface area contributed by atoms with Crippen molar-refractivity contribution in [3.63, 3.8) is 0 Å². The zero-order valence-electron chi connectivity index (χ0n) is 8.58. The Balaban J connectivity index is 1.79. The minimum Gasteiger partial charge on any atom is -0.383 e. The fourth-order valence-electron chi connectivity index (χ4n) is 1.71. The number of pyridine rings is 1. The topological polar surface area (TPSA) is 34.1 Å². The summed E-state index contributed by atoms with van der Waals surface area (Å²) in [5, 5.41) is 3.38. The molecule has 0 radical (unpaired) electrons. The second-order valence-electron chi connectivity index (χ2n) is 3.83. The quantitative estimate of drug-likeness (QED) is 0.858. The number of nitrogens with one attached hydrogen (secondary N) is 1. The molecule has 1 aliphatic rings. The fraction of sp³-hybridized carbons (Fsp3) is 0.545. The van der Waals surface area contributed by atoms with E-state index < -0.39 is 0 Å². The third-order valence-electron chi connectivity index (χ3n) is 2.58. The molecular weight excluding hydrogens is 256 g/mol. The molecule has 1 aromatic rings. The molecule has 82 valence electrons. The van der Waals surface area contributed by atoms with Crippen LogP contribution < -0.4 is 5.32 Å². The van der Waals surface area contributed by atoms with E-state index in [-0.39, 0.29) is 0 Å². The van der Waals surface area contributed by atoms with Gasteiger partial charge in [-0.05, 0) is 46.8 Å². The van der Waals surface area contributed by atoms with E-state index in [2.05, 4.69) is 26.2 Å². The second kappa shape index (κ2) is 5.47. The van der Waals surface area contributed by atoms with Crippen molar-refractivity contribution in [3.8, 4) is 0 Å². The van der Waals surface area contributed by atoms with Crippen molar-refractivity contribution in [3.05, 3.63) is 22.9 Å². The Morgan fingerprint density at radius 2 is 2.47 bits per heavy atom. The molecule has 0 aromatic carbocycles. The summed E-state index contributed by atoms with van der Waals surface area (Å²) in [7, 11) is 0. The van der Waals surface area contributed by atoms with E-state index in [1.165, 1.54) is 12.8 Å². The molecule has 0 amide bonds. The van der Waals surface area contributed by atoms with Crippen LogP contribution in [0.15, 0.2) is 22.9 Å². The molecule has 0 bridgehead atoms. The van der Waals surface area contributed by atoms with Gasteiger partial charge in [-0.1, -0.05) is 0 Å². The van der Waals surface area contributed by atoms with Gasteiger partial charge in [0, 0.05) is 13.2 Å². The molecule has 4 heteroatoms. The molecule has 2 rings (SSSR count). The zero-order chi connectivity index (χ0) is 10.5. The lowest BCUT2D eigenvalue weighted by molar-refractivity contribution is 0.0595. The van der Waals surface area contributed by atoms with E-state index in [1.54, 1.807) is 0 Å². The molecule has 3 nitrogen and oxygen atoms in total. The minimum absolute atomic E-state index is 0.641. The predicted molar refractivity (Wildman–Crippen MR) is 64.0 cm³/mol. The molecule has 1 aromatic heterocycles. The summed E-state index contributed by atoms with van der Waals surface area (Å²) in [6.45, 7) is 2.79. The normalized spacial score (nSPS) is 21.3. The van der Waals surface area contributed by atoms with Gasteiger partial charge in [0.05, 0.1) is 18.5 Å². The van der Waals surface area contributed by atoms with Gasteiger partial charge in [-0.3, -0.25) is 0 Å². The van der Waals surface area contributed by atoms with Gasteiger partial charge in [-0.25, -0.2) is 4.98 Å². The van der Waals surface area contributed by atoms with Crippen LogP contribution in [0, 0.1) is 5.92 Å². The van der Waals surface area contributed by atoms with Crippen molar-refractivity contribution in [2.75, 3.05) is 25.1 Å². The molecule has 1 aliphatic heterocycles. The highest BCUT2D eigenvalue weighted by Crippen LogP contribution is 2.15. The minimum atomic E-state index is 0.641. The molecule has 0 aliphatic carbocycles. The Morgan fingerprint density at radius 3 is 3.13 bits per heavy atom. The third kappa shape index (κ3) is 3.47. The maximum atomic E-state index is 5.43. The van der Waals surface area contributed by atoms with Crippen LogP contribution in [-0.4, -0.2) is 24.7 Å². The van der Waals surface area contributed by atoms with E-state index in [4.69, 9.17) is 4.74 Å². The summed E-state index contributed by atoms with van der Waals surface area (Å²) in [6.07, 6.45) is 4.29. The third-order valence-corrected chi connectivity index (χ3v) is 3.05. The van der Waals surface area contributed by atoms with E-state index in [0.29, 0.717) is 5.92 Å². The fourth-order valence-corrected chi connectivity index (χ4v) is 1.95. The second-order valence-corrected chi connectivity index (χ2v) is 4.65. The van der Waals surface area contributed by atoms with Crippen LogP contribution in [0.4, 0.5) is 5.69 Å². The number of nitrogens with zero attached hydrogens (tertiary/aromatic N) is 1. The monoisotopic (exact) mass is 270 g/mol. The molecule has 15 heavy (non-hydrogen) atoms. The summed E-state index contributed by atoms with van der Waals surface area (Å²) in [5.74, 6) is 0.641. The van der Waals surface area contributed by atoms with Crippen molar-refractivity contribution in [2.45, 2.75) is 12.8 Å². The molecule has 2 heterocycles. The van der Waals surface area contributed by atoms with Gasteiger partial charge in [0.1, 0.15) is 4.60 Å². The highest BCUT2D eigenvalue weighted by atomic mass is 79.9. The first kappa shape index (κ1) is 10.9. The smallest absolute Gasteiger partial charge is 0.106 e. The van der Waals surface area contributed by atoms with Crippen LogP contribution in [-0.2, 0) is 4.74 Å². The van der Waals surface area contributed by atoms with Crippen molar-refractivity contribution in [1.82, 2.24) is 4.98 Å². The van der Waals surface area contributed by atoms with E-state index in [9.17, 15) is 0 Å². The van der Waals surface area contributed by atoms with Gasteiger partial charge in [0.25, 0.3) is 0 Å². The van der Waals surface area contributed by atoms with Crippen LogP contribution >= 0.6 is 15.9 Å². The molecular formula is C11H15BrN2O. The first-order valence-electron chi connectivity index (χ1n) is 5.28. The van der Waals surface area contributed by atoms with Gasteiger partial charge in [-0.15, -0.1) is 0 Å². The number of ether oxygens (including phenoxy) is 1. The van der Waals surface area contributed by atoms with Gasteiger partial charge >= 0.3 is 0 Å². The Kier molecular flexibility index (Phi) is 3.97. The predicted octanol–water partition coefficient (Wildman–Crippen LogP) is 2.68. The van der Waals surface area contributed by atoms with Gasteiger partial charge in [0.15, 0.2) is 0 Å². The van der Waals surface area contributed by atoms with Gasteiger partial charge < -0.3 is 10.1 Å². The molecule has 0 spiro atoms. The van der Waals surface area contributed by atoms with E-state index >= 15 is 0 Å². The average molecular weight is 271 g/mol. The molecule has 1 fully saturated rings. The number of hydrogen-bond donors (Lipinski definition) is 1. The van der Waals surface area contributed by atoms with Gasteiger partial charge in [-0.2, -0.15) is 0 Å². The lowest BCUT2D eigenvalue weighted by atomic mass is 10.0. The highest BCUT2D eigenvalue weighted by Gasteiger charge is 2.13. The summed E-state index contributed by atoms with van der Waals surface area (Å²) in [4.78, 5) is 4.17. The van der Waals surface area contributed by atoms with Crippen molar-refractivity contribution >= 4 is 21.6 Å².